The van der Waals surface area contributed by atoms with Crippen molar-refractivity contribution in [2.75, 3.05) is 13.2 Å². The zero-order valence-corrected chi connectivity index (χ0v) is 34.7. The van der Waals surface area contributed by atoms with E-state index < -0.39 is 24.5 Å². The number of hydrogen-bond donors (Lipinski definition) is 4. The van der Waals surface area contributed by atoms with Crippen LogP contribution in [-0.4, -0.2) is 59.3 Å². The number of amides is 2. The maximum Gasteiger partial charge on any atom is 0.328 e. The highest BCUT2D eigenvalue weighted by Gasteiger charge is 2.18. The monoisotopic (exact) mass is 771 g/mol. The number of ether oxygens (including phenoxy) is 1. The van der Waals surface area contributed by atoms with Gasteiger partial charge >= 0.3 is 11.9 Å². The molecular weight excluding hydrogens is 693 g/mol. The Hall–Kier alpha value is -3.46. The molecule has 0 aromatic heterocycles. The summed E-state index contributed by atoms with van der Waals surface area (Å²) in [5.41, 5.74) is 0. The Labute approximate surface area is 334 Å². The minimum atomic E-state index is -1.40. The van der Waals surface area contributed by atoms with Crippen LogP contribution in [0.15, 0.2) is 60.8 Å². The van der Waals surface area contributed by atoms with Crippen molar-refractivity contribution in [1.82, 2.24) is 10.6 Å². The van der Waals surface area contributed by atoms with Gasteiger partial charge in [0.15, 0.2) is 0 Å². The van der Waals surface area contributed by atoms with Crippen LogP contribution in [0.4, 0.5) is 0 Å². The van der Waals surface area contributed by atoms with Gasteiger partial charge in [0.1, 0.15) is 12.1 Å². The number of carboxylic acids is 1. The van der Waals surface area contributed by atoms with Gasteiger partial charge in [-0.3, -0.25) is 14.4 Å². The van der Waals surface area contributed by atoms with E-state index in [1.54, 1.807) is 0 Å². The van der Waals surface area contributed by atoms with Crippen LogP contribution < -0.4 is 10.6 Å². The van der Waals surface area contributed by atoms with Crippen LogP contribution >= 0.6 is 0 Å². The van der Waals surface area contributed by atoms with Crippen LogP contribution in [0.1, 0.15) is 181 Å². The number of rotatable bonds is 38. The molecule has 0 aliphatic heterocycles. The number of allylic oxidation sites excluding steroid dienone is 9. The first-order valence-electron chi connectivity index (χ1n) is 21.7. The lowest BCUT2D eigenvalue weighted by Crippen LogP contribution is -2.47. The van der Waals surface area contributed by atoms with Crippen molar-refractivity contribution < 1.29 is 34.1 Å². The number of aliphatic hydroxyl groups excluding tert-OH is 1. The molecule has 0 aromatic carbocycles. The summed E-state index contributed by atoms with van der Waals surface area (Å²) in [4.78, 5) is 47.7. The van der Waals surface area contributed by atoms with Gasteiger partial charge in [0, 0.05) is 12.8 Å². The van der Waals surface area contributed by atoms with E-state index in [-0.39, 0.29) is 30.9 Å². The van der Waals surface area contributed by atoms with E-state index in [9.17, 15) is 19.2 Å². The Morgan fingerprint density at radius 1 is 0.582 bits per heavy atom. The summed E-state index contributed by atoms with van der Waals surface area (Å²) in [7, 11) is 0. The molecule has 0 bridgehead atoms. The van der Waals surface area contributed by atoms with Gasteiger partial charge in [-0.1, -0.05) is 146 Å². The van der Waals surface area contributed by atoms with E-state index >= 15 is 0 Å². The topological polar surface area (TPSA) is 142 Å². The van der Waals surface area contributed by atoms with E-state index in [0.29, 0.717) is 19.3 Å². The highest BCUT2D eigenvalue weighted by atomic mass is 16.5. The Morgan fingerprint density at radius 2 is 1.09 bits per heavy atom. The fourth-order valence-electron chi connectivity index (χ4n) is 5.91. The Balaban J connectivity index is 4.41. The van der Waals surface area contributed by atoms with Crippen molar-refractivity contribution in [2.24, 2.45) is 0 Å². The molecular formula is C46H78N2O7. The van der Waals surface area contributed by atoms with Crippen LogP contribution in [0, 0.1) is 0 Å². The first kappa shape index (κ1) is 51.5. The molecule has 55 heavy (non-hydrogen) atoms. The zero-order valence-electron chi connectivity index (χ0n) is 34.7. The van der Waals surface area contributed by atoms with E-state index in [0.717, 1.165) is 57.8 Å². The normalized spacial score (nSPS) is 13.1. The largest absolute Gasteiger partial charge is 0.480 e. The molecule has 0 saturated carbocycles. The van der Waals surface area contributed by atoms with Crippen molar-refractivity contribution in [2.45, 2.75) is 193 Å². The molecule has 0 aliphatic rings. The predicted octanol–water partition coefficient (Wildman–Crippen LogP) is 10.5. The molecule has 0 aliphatic carbocycles. The van der Waals surface area contributed by atoms with Crippen LogP contribution in [0.2, 0.25) is 0 Å². The van der Waals surface area contributed by atoms with Gasteiger partial charge in [-0.2, -0.15) is 0 Å². The summed E-state index contributed by atoms with van der Waals surface area (Å²) in [5.74, 6) is -2.50. The molecule has 2 unspecified atom stereocenters. The highest BCUT2D eigenvalue weighted by Crippen LogP contribution is 2.15. The molecule has 9 heteroatoms. The lowest BCUT2D eigenvalue weighted by molar-refractivity contribution is -0.147. The number of carbonyl (C=O) groups is 4. The lowest BCUT2D eigenvalue weighted by atomic mass is 10.1. The zero-order chi connectivity index (χ0) is 40.5. The number of carboxylic acid groups (broad SMARTS) is 1. The number of aliphatic carboxylic acids is 1. The van der Waals surface area contributed by atoms with Gasteiger partial charge in [0.2, 0.25) is 11.8 Å². The van der Waals surface area contributed by atoms with Crippen molar-refractivity contribution in [1.29, 1.82) is 0 Å². The summed E-state index contributed by atoms with van der Waals surface area (Å²) in [5, 5.41) is 22.6. The average molecular weight is 771 g/mol. The summed E-state index contributed by atoms with van der Waals surface area (Å²) >= 11 is 0. The van der Waals surface area contributed by atoms with Crippen molar-refractivity contribution in [3.05, 3.63) is 60.8 Å². The fraction of sp³-hybridized carbons (Fsp3) is 0.696. The maximum atomic E-state index is 12.7. The molecule has 0 saturated heterocycles. The Bertz CT molecular complexity index is 1110. The second-order valence-electron chi connectivity index (χ2n) is 14.4. The number of carbonyl (C=O) groups excluding carboxylic acids is 3. The fourth-order valence-corrected chi connectivity index (χ4v) is 5.91. The van der Waals surface area contributed by atoms with Gasteiger partial charge in [-0.25, -0.2) is 4.79 Å². The number of aliphatic hydroxyl groups is 1. The van der Waals surface area contributed by atoms with E-state index in [2.05, 4.69) is 73.1 Å². The van der Waals surface area contributed by atoms with Crippen LogP contribution in [0.25, 0.3) is 0 Å². The van der Waals surface area contributed by atoms with E-state index in [4.69, 9.17) is 14.9 Å². The van der Waals surface area contributed by atoms with Crippen LogP contribution in [-0.2, 0) is 23.9 Å². The quantitative estimate of drug-likeness (QED) is 0.0278. The third kappa shape index (κ3) is 37.2. The van der Waals surface area contributed by atoms with Gasteiger partial charge < -0.3 is 25.6 Å². The van der Waals surface area contributed by atoms with Gasteiger partial charge in [0.05, 0.1) is 13.2 Å². The number of hydrogen-bond acceptors (Lipinski definition) is 6. The second-order valence-corrected chi connectivity index (χ2v) is 14.4. The SMILES string of the molecule is CC/C=C\C/C=C\C/C=C\C/C=C\C(CCCCCC(=O)NCC(=O)NC(CO)C(=O)O)OC(=O)CCCCCCCCC/C=C\CCCCCCCCC. The van der Waals surface area contributed by atoms with Crippen LogP contribution in [0.3, 0.4) is 0 Å². The standard InChI is InChI=1S/C46H78N2O7/c1-3-5-7-9-11-13-15-16-17-18-19-20-21-23-25-27-29-34-38-45(52)55-41(35-31-28-26-24-22-14-12-10-8-6-4-2)36-32-30-33-37-43(50)47-39-44(51)48-42(40-49)46(53)54/h6,8,12,14,17-18,24,26,31,35,41-42,49H,3-5,7,9-11,13,15-16,19-23,25,27-30,32-34,36-40H2,1-2H3,(H,47,50)(H,48,51)(H,53,54)/b8-6-,14-12-,18-17-,26-24-,35-31-. The molecule has 0 spiro atoms. The summed E-state index contributed by atoms with van der Waals surface area (Å²) in [6.07, 6.45) is 48.4. The molecule has 4 N–H and O–H groups in total. The van der Waals surface area contributed by atoms with E-state index in [1.807, 2.05) is 12.2 Å². The summed E-state index contributed by atoms with van der Waals surface area (Å²) in [6.45, 7) is 3.30. The molecule has 2 amide bonds. The number of nitrogens with one attached hydrogen (secondary N) is 2. The molecule has 314 valence electrons. The molecule has 0 radical (unpaired) electrons. The van der Waals surface area contributed by atoms with Crippen molar-refractivity contribution in [3.8, 4) is 0 Å². The van der Waals surface area contributed by atoms with Gasteiger partial charge in [0.25, 0.3) is 0 Å². The Kier molecular flexibility index (Phi) is 37.7. The highest BCUT2D eigenvalue weighted by molar-refractivity contribution is 5.87. The molecule has 2 atom stereocenters. The van der Waals surface area contributed by atoms with Gasteiger partial charge in [-0.15, -0.1) is 0 Å². The van der Waals surface area contributed by atoms with Crippen molar-refractivity contribution in [3.63, 3.8) is 0 Å². The third-order valence-electron chi connectivity index (χ3n) is 9.23. The predicted molar refractivity (Wildman–Crippen MR) is 227 cm³/mol. The first-order chi connectivity index (χ1) is 26.8. The van der Waals surface area contributed by atoms with E-state index in [1.165, 1.54) is 83.5 Å². The molecule has 0 rings (SSSR count). The first-order valence-corrected chi connectivity index (χ1v) is 21.7. The van der Waals surface area contributed by atoms with Gasteiger partial charge in [-0.05, 0) is 83.1 Å². The molecule has 0 heterocycles. The number of unbranched alkanes of at least 4 members (excludes halogenated alkanes) is 16. The van der Waals surface area contributed by atoms with Crippen molar-refractivity contribution >= 4 is 23.8 Å². The second kappa shape index (κ2) is 40.2. The molecule has 9 nitrogen and oxygen atoms in total. The average Bonchev–Trinajstić information content (AvgIpc) is 3.17. The minimum Gasteiger partial charge on any atom is -0.480 e. The Morgan fingerprint density at radius 3 is 1.65 bits per heavy atom. The third-order valence-corrected chi connectivity index (χ3v) is 9.23. The smallest absolute Gasteiger partial charge is 0.328 e. The summed E-state index contributed by atoms with van der Waals surface area (Å²) < 4.78 is 5.87. The number of esters is 1. The molecule has 0 aromatic rings. The molecule has 0 fully saturated rings. The minimum absolute atomic E-state index is 0.167. The summed E-state index contributed by atoms with van der Waals surface area (Å²) in [6, 6.07) is -1.40. The lowest BCUT2D eigenvalue weighted by Gasteiger charge is -2.15. The van der Waals surface area contributed by atoms with Crippen LogP contribution in [0.5, 0.6) is 0 Å². The maximum absolute atomic E-state index is 12.7.